The Balaban J connectivity index is 2.98. The molecular weight excluding hydrogens is 244 g/mol. The van der Waals surface area contributed by atoms with Crippen molar-refractivity contribution in [1.29, 1.82) is 0 Å². The second-order valence-electron chi connectivity index (χ2n) is 3.54. The molecular formula is C11H15ClN2OS. The summed E-state index contributed by atoms with van der Waals surface area (Å²) in [5.41, 5.74) is 5.98. The molecule has 1 rings (SSSR count). The summed E-state index contributed by atoms with van der Waals surface area (Å²) in [6.45, 7) is 4.11. The number of hydrogen-bond donors (Lipinski definition) is 2. The third kappa shape index (κ3) is 3.70. The van der Waals surface area contributed by atoms with Gasteiger partial charge < -0.3 is 11.1 Å². The minimum absolute atomic E-state index is 0.0295. The maximum Gasteiger partial charge on any atom is 0.238 e. The summed E-state index contributed by atoms with van der Waals surface area (Å²) in [6.07, 6.45) is 0. The number of rotatable bonds is 4. The predicted molar refractivity (Wildman–Crippen MR) is 70.1 cm³/mol. The first-order valence-electron chi connectivity index (χ1n) is 4.99. The van der Waals surface area contributed by atoms with Crippen molar-refractivity contribution in [2.24, 2.45) is 5.73 Å². The highest BCUT2D eigenvalue weighted by atomic mass is 35.5. The van der Waals surface area contributed by atoms with E-state index in [1.165, 1.54) is 0 Å². The number of carbonyl (C=O) groups excluding carboxylic acids is 1. The highest BCUT2D eigenvalue weighted by Gasteiger charge is 2.11. The van der Waals surface area contributed by atoms with E-state index in [-0.39, 0.29) is 12.5 Å². The largest absolute Gasteiger partial charge is 0.324 e. The minimum Gasteiger partial charge on any atom is -0.324 e. The van der Waals surface area contributed by atoms with E-state index in [4.69, 9.17) is 17.3 Å². The van der Waals surface area contributed by atoms with Gasteiger partial charge in [0.15, 0.2) is 0 Å². The van der Waals surface area contributed by atoms with E-state index in [0.29, 0.717) is 10.3 Å². The Hall–Kier alpha value is -0.710. The van der Waals surface area contributed by atoms with Gasteiger partial charge in [-0.1, -0.05) is 31.5 Å². The zero-order chi connectivity index (χ0) is 12.1. The first kappa shape index (κ1) is 13.4. The molecule has 3 N–H and O–H groups in total. The Morgan fingerprint density at radius 1 is 1.56 bits per heavy atom. The van der Waals surface area contributed by atoms with Crippen LogP contribution < -0.4 is 11.1 Å². The van der Waals surface area contributed by atoms with Crippen molar-refractivity contribution < 1.29 is 4.79 Å². The molecule has 5 heteroatoms. The summed E-state index contributed by atoms with van der Waals surface area (Å²) in [5.74, 6) is -0.215. The van der Waals surface area contributed by atoms with Crippen LogP contribution in [0.25, 0.3) is 0 Å². The van der Waals surface area contributed by atoms with E-state index in [2.05, 4.69) is 19.2 Å². The molecule has 16 heavy (non-hydrogen) atoms. The van der Waals surface area contributed by atoms with Gasteiger partial charge in [-0.3, -0.25) is 4.79 Å². The molecule has 1 aromatic rings. The highest BCUT2D eigenvalue weighted by molar-refractivity contribution is 8.00. The highest BCUT2D eigenvalue weighted by Crippen LogP contribution is 2.36. The summed E-state index contributed by atoms with van der Waals surface area (Å²) in [4.78, 5) is 12.1. The van der Waals surface area contributed by atoms with Gasteiger partial charge in [-0.05, 0) is 12.1 Å². The molecule has 0 spiro atoms. The summed E-state index contributed by atoms with van der Waals surface area (Å²) in [5, 5.41) is 3.78. The molecule has 0 aromatic heterocycles. The lowest BCUT2D eigenvalue weighted by Crippen LogP contribution is -2.22. The van der Waals surface area contributed by atoms with Crippen molar-refractivity contribution in [3.05, 3.63) is 23.2 Å². The Labute approximate surface area is 105 Å². The van der Waals surface area contributed by atoms with Crippen molar-refractivity contribution in [2.45, 2.75) is 24.0 Å². The lowest BCUT2D eigenvalue weighted by Gasteiger charge is -2.13. The van der Waals surface area contributed by atoms with Crippen LogP contribution in [0.2, 0.25) is 5.02 Å². The van der Waals surface area contributed by atoms with Gasteiger partial charge >= 0.3 is 0 Å². The molecule has 0 aliphatic rings. The monoisotopic (exact) mass is 258 g/mol. The van der Waals surface area contributed by atoms with Gasteiger partial charge in [-0.25, -0.2) is 0 Å². The van der Waals surface area contributed by atoms with Crippen LogP contribution >= 0.6 is 23.4 Å². The number of hydrogen-bond acceptors (Lipinski definition) is 3. The fourth-order valence-electron chi connectivity index (χ4n) is 1.16. The Bertz CT molecular complexity index is 382. The van der Waals surface area contributed by atoms with Crippen LogP contribution in [-0.2, 0) is 4.79 Å². The fraction of sp³-hybridized carbons (Fsp3) is 0.364. The second kappa shape index (κ2) is 6.13. The Morgan fingerprint density at radius 3 is 2.81 bits per heavy atom. The number of halogens is 1. The third-order valence-corrected chi connectivity index (χ3v) is 3.35. The van der Waals surface area contributed by atoms with E-state index >= 15 is 0 Å². The molecule has 1 amide bonds. The van der Waals surface area contributed by atoms with E-state index in [1.807, 2.05) is 12.1 Å². The van der Waals surface area contributed by atoms with Crippen LogP contribution in [0.15, 0.2) is 23.1 Å². The first-order chi connectivity index (χ1) is 7.54. The van der Waals surface area contributed by atoms with Crippen LogP contribution in [0.5, 0.6) is 0 Å². The van der Waals surface area contributed by atoms with Crippen molar-refractivity contribution in [1.82, 2.24) is 0 Å². The smallest absolute Gasteiger partial charge is 0.238 e. The molecule has 0 atom stereocenters. The molecule has 88 valence electrons. The molecule has 0 fully saturated rings. The predicted octanol–water partition coefficient (Wildman–Crippen LogP) is 2.74. The van der Waals surface area contributed by atoms with Crippen molar-refractivity contribution in [2.75, 3.05) is 11.9 Å². The van der Waals surface area contributed by atoms with E-state index in [0.717, 1.165) is 10.6 Å². The molecule has 1 aromatic carbocycles. The Morgan fingerprint density at radius 2 is 2.25 bits per heavy atom. The van der Waals surface area contributed by atoms with Crippen LogP contribution in [-0.4, -0.2) is 17.7 Å². The second-order valence-corrected chi connectivity index (χ2v) is 5.53. The number of thioether (sulfide) groups is 1. The maximum absolute atomic E-state index is 11.2. The summed E-state index contributed by atoms with van der Waals surface area (Å²) < 4.78 is 0. The summed E-state index contributed by atoms with van der Waals surface area (Å²) >= 11 is 7.71. The van der Waals surface area contributed by atoms with Gasteiger partial charge in [0.1, 0.15) is 0 Å². The average Bonchev–Trinajstić information content (AvgIpc) is 2.22. The molecule has 0 radical (unpaired) electrons. The molecule has 0 bridgehead atoms. The SMILES string of the molecule is CC(C)Sc1c(Cl)cccc1NC(=O)CN. The number of benzene rings is 1. The van der Waals surface area contributed by atoms with Gasteiger partial charge in [0.25, 0.3) is 0 Å². The topological polar surface area (TPSA) is 55.1 Å². The quantitative estimate of drug-likeness (QED) is 0.817. The number of amides is 1. The van der Waals surface area contributed by atoms with Crippen LogP contribution in [0.1, 0.15) is 13.8 Å². The summed E-state index contributed by atoms with van der Waals surface area (Å²) in [7, 11) is 0. The molecule has 0 heterocycles. The van der Waals surface area contributed by atoms with Gasteiger partial charge in [0.2, 0.25) is 5.91 Å². The van der Waals surface area contributed by atoms with Crippen molar-refractivity contribution >= 4 is 35.0 Å². The molecule has 0 unspecified atom stereocenters. The zero-order valence-corrected chi connectivity index (χ0v) is 10.9. The summed E-state index contributed by atoms with van der Waals surface area (Å²) in [6, 6.07) is 5.44. The van der Waals surface area contributed by atoms with E-state index in [9.17, 15) is 4.79 Å². The standard InChI is InChI=1S/C11H15ClN2OS/c1-7(2)16-11-8(12)4-3-5-9(11)14-10(15)6-13/h3-5,7H,6,13H2,1-2H3,(H,14,15). The number of nitrogens with one attached hydrogen (secondary N) is 1. The number of anilines is 1. The maximum atomic E-state index is 11.2. The van der Waals surface area contributed by atoms with Crippen LogP contribution in [0.3, 0.4) is 0 Å². The minimum atomic E-state index is -0.215. The first-order valence-corrected chi connectivity index (χ1v) is 6.25. The van der Waals surface area contributed by atoms with Crippen LogP contribution in [0, 0.1) is 0 Å². The molecule has 0 saturated carbocycles. The lowest BCUT2D eigenvalue weighted by molar-refractivity contribution is -0.114. The molecule has 0 aliphatic heterocycles. The fourth-order valence-corrected chi connectivity index (χ4v) is 2.37. The average molecular weight is 259 g/mol. The van der Waals surface area contributed by atoms with E-state index in [1.54, 1.807) is 17.8 Å². The zero-order valence-electron chi connectivity index (χ0n) is 9.29. The normalized spacial score (nSPS) is 10.6. The third-order valence-electron chi connectivity index (χ3n) is 1.78. The van der Waals surface area contributed by atoms with Crippen molar-refractivity contribution in [3.8, 4) is 0 Å². The lowest BCUT2D eigenvalue weighted by atomic mass is 10.3. The molecule has 3 nitrogen and oxygen atoms in total. The van der Waals surface area contributed by atoms with Gasteiger partial charge in [-0.2, -0.15) is 0 Å². The Kier molecular flexibility index (Phi) is 5.12. The number of carbonyl (C=O) groups is 1. The van der Waals surface area contributed by atoms with E-state index < -0.39 is 0 Å². The van der Waals surface area contributed by atoms with Crippen LogP contribution in [0.4, 0.5) is 5.69 Å². The number of nitrogens with two attached hydrogens (primary N) is 1. The van der Waals surface area contributed by atoms with Crippen molar-refractivity contribution in [3.63, 3.8) is 0 Å². The molecule has 0 saturated heterocycles. The van der Waals surface area contributed by atoms with Gasteiger partial charge in [0.05, 0.1) is 17.3 Å². The molecule has 0 aliphatic carbocycles. The van der Waals surface area contributed by atoms with Gasteiger partial charge in [-0.15, -0.1) is 11.8 Å². The van der Waals surface area contributed by atoms with Gasteiger partial charge in [0, 0.05) is 10.1 Å².